The van der Waals surface area contributed by atoms with E-state index in [4.69, 9.17) is 4.74 Å². The molecule has 5 aliphatic heterocycles. The molecule has 2 saturated heterocycles. The fraction of sp³-hybridized carbons (Fsp3) is 0.808. The fourth-order valence-corrected chi connectivity index (χ4v) is 20.5. The Hall–Kier alpha value is -1.72. The number of phenolic OH excluding ortho intramolecular Hbond substituents is 1. The number of phenols is 1. The third-order valence-corrected chi connectivity index (χ3v) is 23.7. The maximum atomic E-state index is 15.7. The van der Waals surface area contributed by atoms with Gasteiger partial charge in [0.15, 0.2) is 5.78 Å². The molecule has 11 aliphatic rings. The number of aromatic hydroxyl groups is 1. The van der Waals surface area contributed by atoms with Gasteiger partial charge in [-0.15, -0.1) is 0 Å². The van der Waals surface area contributed by atoms with Gasteiger partial charge in [-0.1, -0.05) is 68.5 Å². The highest BCUT2D eigenvalue weighted by Gasteiger charge is 2.77. The summed E-state index contributed by atoms with van der Waals surface area (Å²) in [7, 11) is 2.60. The number of aliphatic hydroxyl groups excluding tert-OH is 4. The van der Waals surface area contributed by atoms with Crippen LogP contribution in [0, 0.1) is 62.6 Å². The van der Waals surface area contributed by atoms with Crippen LogP contribution >= 0.6 is 21.6 Å². The number of anilines is 1. The van der Waals surface area contributed by atoms with Crippen LogP contribution in [0.2, 0.25) is 0 Å². The van der Waals surface area contributed by atoms with Crippen molar-refractivity contribution in [1.82, 2.24) is 0 Å². The monoisotopic (exact) mass is 953 g/mol. The molecule has 16 atom stereocenters. The number of carbonyl (C=O) groups is 2. The molecule has 1 aromatic rings. The summed E-state index contributed by atoms with van der Waals surface area (Å²) in [4.78, 5) is 33.1. The largest absolute Gasteiger partial charge is 0.508 e. The van der Waals surface area contributed by atoms with Crippen molar-refractivity contribution in [3.63, 3.8) is 0 Å². The van der Waals surface area contributed by atoms with E-state index >= 15 is 9.59 Å². The number of aryl methyl sites for hydroxylation is 1. The third-order valence-electron chi connectivity index (χ3n) is 21.1. The van der Waals surface area contributed by atoms with E-state index in [-0.39, 0.29) is 61.4 Å². The summed E-state index contributed by atoms with van der Waals surface area (Å²) in [6.45, 7) is 9.78. The normalized spacial score (nSPS) is 46.6. The van der Waals surface area contributed by atoms with Gasteiger partial charge in [0.2, 0.25) is 5.91 Å². The standard InChI is InChI=1S/C52H75NO11S2/c1-29(2)30(3)41-42(64-41)46(5,61)38-13-18-51(63)37-22-39(57)50-23-40(58)49(62,28-55)26-45(50,4)36(37)12-17-48(38,51)16-11-31-19-34(21-35(56)20-31)53-27-47(14-6-7-15-47)52(43(53)59)32(24-54)9-8-10-33(52)25-65-66-44(50)60/h19-22,29-30,32-33,36,38,40-42,44,54-56,58,60-63H,6-18,23-28H2,1-5H3/t30-,32+,33-,36+,38-,40-,41+,42-,44+,45-,46-,48-,49-,50+,51-,52+/m1/s1. The van der Waals surface area contributed by atoms with Gasteiger partial charge in [0, 0.05) is 41.5 Å². The lowest BCUT2D eigenvalue weighted by molar-refractivity contribution is -0.231. The molecule has 5 heterocycles. The highest BCUT2D eigenvalue weighted by molar-refractivity contribution is 8.76. The molecule has 0 unspecified atom stereocenters. The highest BCUT2D eigenvalue weighted by atomic mass is 33.1. The van der Waals surface area contributed by atoms with Crippen LogP contribution in [0.1, 0.15) is 130 Å². The SMILES string of the molecule is CC(C)[C@@H](C)[C@@H]1O[C@H]1[C@](C)(O)[C@H]1CC[C@@]2(O)C3=CC(=O)[C@]45C[C@@H](O)[C@](O)(CO)C[C@]4(C)[C@H]3CC[C@]12CCc1cc(O)cc(c1)N1CC2(CCCC2)[C@@]2(C1=O)[C@H](CO)CCC[C@@H]2CSS[C@@H]5O. The molecule has 66 heavy (non-hydrogen) atoms. The summed E-state index contributed by atoms with van der Waals surface area (Å²) in [5, 5.41) is 96.8. The molecule has 12 rings (SSSR count). The maximum Gasteiger partial charge on any atom is 0.234 e. The minimum atomic E-state index is -1.97. The average Bonchev–Trinajstić information content (AvgIpc) is 3.75. The molecular weight excluding hydrogens is 879 g/mol. The minimum absolute atomic E-state index is 0.0217. The van der Waals surface area contributed by atoms with Gasteiger partial charge in [0.25, 0.3) is 0 Å². The van der Waals surface area contributed by atoms with Gasteiger partial charge in [-0.3, -0.25) is 9.59 Å². The second kappa shape index (κ2) is 16.2. The molecule has 366 valence electrons. The predicted molar refractivity (Wildman–Crippen MR) is 253 cm³/mol. The van der Waals surface area contributed by atoms with E-state index in [1.807, 2.05) is 24.8 Å². The Labute approximate surface area is 398 Å². The van der Waals surface area contributed by atoms with E-state index in [1.54, 1.807) is 18.2 Å². The second-order valence-corrected chi connectivity index (χ2v) is 26.4. The summed E-state index contributed by atoms with van der Waals surface area (Å²) in [5.74, 6) is -0.854. The molecule has 4 spiro atoms. The number of allylic oxidation sites excluding steroid dienone is 1. The minimum Gasteiger partial charge on any atom is -0.508 e. The van der Waals surface area contributed by atoms with Gasteiger partial charge in [-0.05, 0) is 154 Å². The van der Waals surface area contributed by atoms with E-state index in [1.165, 1.54) is 21.6 Å². The Morgan fingerprint density at radius 1 is 0.955 bits per heavy atom. The van der Waals surface area contributed by atoms with Crippen LogP contribution in [0.3, 0.4) is 0 Å². The van der Waals surface area contributed by atoms with Gasteiger partial charge in [0.1, 0.15) is 22.9 Å². The molecule has 8 bridgehead atoms. The number of amides is 1. The van der Waals surface area contributed by atoms with Gasteiger partial charge in [0.05, 0.1) is 40.8 Å². The van der Waals surface area contributed by atoms with Crippen molar-refractivity contribution in [2.24, 2.45) is 62.6 Å². The molecule has 0 radical (unpaired) electrons. The number of carbonyl (C=O) groups excluding carboxylic acids is 2. The number of benzene rings is 1. The topological polar surface area (TPSA) is 212 Å². The van der Waals surface area contributed by atoms with Crippen molar-refractivity contribution < 1.29 is 55.2 Å². The first-order valence-corrected chi connectivity index (χ1v) is 27.6. The highest BCUT2D eigenvalue weighted by Crippen LogP contribution is 2.75. The van der Waals surface area contributed by atoms with Crippen molar-refractivity contribution in [2.75, 3.05) is 30.4 Å². The summed E-state index contributed by atoms with van der Waals surface area (Å²) in [6, 6.07) is 5.43. The summed E-state index contributed by atoms with van der Waals surface area (Å²) in [5.41, 5.74) is -9.48. The van der Waals surface area contributed by atoms with Crippen molar-refractivity contribution >= 4 is 39.0 Å². The molecule has 5 saturated carbocycles. The molecule has 14 heteroatoms. The lowest BCUT2D eigenvalue weighted by Crippen LogP contribution is -2.71. The maximum absolute atomic E-state index is 15.7. The zero-order valence-electron chi connectivity index (χ0n) is 39.6. The van der Waals surface area contributed by atoms with Crippen molar-refractivity contribution in [2.45, 2.75) is 171 Å². The molecular formula is C52H75NO11S2. The Morgan fingerprint density at radius 3 is 2.39 bits per heavy atom. The van der Waals surface area contributed by atoms with Crippen molar-refractivity contribution in [3.8, 4) is 5.75 Å². The van der Waals surface area contributed by atoms with E-state index in [0.717, 1.165) is 50.5 Å². The Bertz CT molecular complexity index is 2150. The lowest BCUT2D eigenvalue weighted by Gasteiger charge is -2.66. The van der Waals surface area contributed by atoms with E-state index < -0.39 is 85.7 Å². The van der Waals surface area contributed by atoms with Crippen LogP contribution in [0.25, 0.3) is 0 Å². The number of fused-ring (bicyclic) bond motifs is 2. The average molecular weight is 954 g/mol. The van der Waals surface area contributed by atoms with Crippen LogP contribution in [0.4, 0.5) is 5.69 Å². The van der Waals surface area contributed by atoms with Crippen LogP contribution in [0.5, 0.6) is 5.75 Å². The number of ether oxygens (including phenoxy) is 1. The number of hydrogen-bond donors (Lipinski definition) is 8. The number of nitrogens with zero attached hydrogens (tertiary/aromatic N) is 1. The first-order chi connectivity index (χ1) is 31.2. The molecule has 7 fully saturated rings. The molecule has 6 aliphatic carbocycles. The molecule has 1 aromatic carbocycles. The van der Waals surface area contributed by atoms with E-state index in [2.05, 4.69) is 20.8 Å². The van der Waals surface area contributed by atoms with Crippen LogP contribution < -0.4 is 4.90 Å². The summed E-state index contributed by atoms with van der Waals surface area (Å²) in [6.07, 6.45) is 7.27. The van der Waals surface area contributed by atoms with Gasteiger partial charge in [-0.25, -0.2) is 0 Å². The Balaban J connectivity index is 1.15. The number of aliphatic hydroxyl groups is 7. The second-order valence-electron chi connectivity index (χ2n) is 23.9. The zero-order chi connectivity index (χ0) is 47.2. The summed E-state index contributed by atoms with van der Waals surface area (Å²) < 4.78 is 6.37. The molecule has 0 aromatic heterocycles. The molecule has 1 amide bonds. The molecule has 12 nitrogen and oxygen atoms in total. The van der Waals surface area contributed by atoms with Gasteiger partial charge in [-0.2, -0.15) is 0 Å². The van der Waals surface area contributed by atoms with Crippen LogP contribution in [-0.4, -0.2) is 119 Å². The van der Waals surface area contributed by atoms with Crippen molar-refractivity contribution in [3.05, 3.63) is 35.4 Å². The third kappa shape index (κ3) is 6.26. The van der Waals surface area contributed by atoms with E-state index in [9.17, 15) is 40.9 Å². The van der Waals surface area contributed by atoms with Gasteiger partial charge < -0.3 is 50.5 Å². The number of epoxide rings is 1. The lowest BCUT2D eigenvalue weighted by atomic mass is 9.39. The summed E-state index contributed by atoms with van der Waals surface area (Å²) >= 11 is 0. The quantitative estimate of drug-likeness (QED) is 0.120. The number of ketones is 1. The van der Waals surface area contributed by atoms with E-state index in [0.29, 0.717) is 61.6 Å². The Kier molecular flexibility index (Phi) is 11.7. The smallest absolute Gasteiger partial charge is 0.234 e. The Morgan fingerprint density at radius 2 is 1.70 bits per heavy atom. The number of hydrogen-bond acceptors (Lipinski definition) is 13. The van der Waals surface area contributed by atoms with Crippen LogP contribution in [0.15, 0.2) is 29.8 Å². The molecule has 8 N–H and O–H groups in total. The first-order valence-electron chi connectivity index (χ1n) is 25.3. The zero-order valence-corrected chi connectivity index (χ0v) is 41.2. The predicted octanol–water partition coefficient (Wildman–Crippen LogP) is 6.07. The van der Waals surface area contributed by atoms with Crippen LogP contribution in [-0.2, 0) is 20.7 Å². The fourth-order valence-electron chi connectivity index (χ4n) is 17.5. The first kappa shape index (κ1) is 47.9. The van der Waals surface area contributed by atoms with Crippen molar-refractivity contribution in [1.29, 1.82) is 0 Å². The number of rotatable bonds is 6. The van der Waals surface area contributed by atoms with Gasteiger partial charge >= 0.3 is 0 Å².